The van der Waals surface area contributed by atoms with E-state index >= 15 is 0 Å². The monoisotopic (exact) mass is 284 g/mol. The molecular weight excluding hydrogens is 264 g/mol. The first kappa shape index (κ1) is 15.8. The van der Waals surface area contributed by atoms with Crippen molar-refractivity contribution in [3.05, 3.63) is 23.2 Å². The summed E-state index contributed by atoms with van der Waals surface area (Å²) >= 11 is 5.82. The number of anilines is 2. The van der Waals surface area contributed by atoms with E-state index in [0.29, 0.717) is 28.9 Å². The molecule has 0 aliphatic rings. The molecule has 4 nitrogen and oxygen atoms in total. The summed E-state index contributed by atoms with van der Waals surface area (Å²) in [7, 11) is 0. The highest BCUT2D eigenvalue weighted by molar-refractivity contribution is 6.33. The van der Waals surface area contributed by atoms with Crippen molar-refractivity contribution in [1.29, 1.82) is 0 Å². The van der Waals surface area contributed by atoms with Crippen LogP contribution in [-0.2, 0) is 9.53 Å². The predicted molar refractivity (Wildman–Crippen MR) is 79.4 cm³/mol. The van der Waals surface area contributed by atoms with Gasteiger partial charge in [-0.1, -0.05) is 25.4 Å². The summed E-state index contributed by atoms with van der Waals surface area (Å²) in [5, 5.41) is 3.22. The van der Waals surface area contributed by atoms with Crippen LogP contribution in [0.15, 0.2) is 18.2 Å². The minimum atomic E-state index is -0.490. The number of nitrogens with one attached hydrogen (secondary N) is 1. The molecule has 0 aliphatic carbocycles. The molecule has 1 aromatic rings. The fourth-order valence-electron chi connectivity index (χ4n) is 1.42. The fraction of sp³-hybridized carbons (Fsp3) is 0.500. The lowest BCUT2D eigenvalue weighted by Gasteiger charge is -2.14. The molecule has 0 radical (unpaired) electrons. The summed E-state index contributed by atoms with van der Waals surface area (Å²) in [5.41, 5.74) is 6.73. The molecule has 19 heavy (non-hydrogen) atoms. The molecule has 0 spiro atoms. The van der Waals surface area contributed by atoms with E-state index in [4.69, 9.17) is 22.1 Å². The maximum absolute atomic E-state index is 11.9. The lowest BCUT2D eigenvalue weighted by molar-refractivity contribution is -0.126. The molecule has 3 N–H and O–H groups in total. The van der Waals surface area contributed by atoms with Gasteiger partial charge in [0.2, 0.25) is 0 Å². The number of carbonyl (C=O) groups is 1. The van der Waals surface area contributed by atoms with Gasteiger partial charge < -0.3 is 15.8 Å². The third kappa shape index (κ3) is 5.49. The minimum Gasteiger partial charge on any atom is -0.397 e. The lowest BCUT2D eigenvalue weighted by Crippen LogP contribution is -2.28. The van der Waals surface area contributed by atoms with Gasteiger partial charge in [0.25, 0.3) is 5.91 Å². The third-order valence-corrected chi connectivity index (χ3v) is 3.04. The Morgan fingerprint density at radius 3 is 2.68 bits per heavy atom. The average molecular weight is 285 g/mol. The van der Waals surface area contributed by atoms with Crippen LogP contribution in [0.5, 0.6) is 0 Å². The van der Waals surface area contributed by atoms with Crippen molar-refractivity contribution in [2.75, 3.05) is 17.7 Å². The number of hydrogen-bond acceptors (Lipinski definition) is 3. The van der Waals surface area contributed by atoms with Crippen LogP contribution in [0.25, 0.3) is 0 Å². The first-order valence-corrected chi connectivity index (χ1v) is 6.75. The van der Waals surface area contributed by atoms with Gasteiger partial charge in [-0.25, -0.2) is 0 Å². The van der Waals surface area contributed by atoms with Gasteiger partial charge in [0.05, 0.1) is 10.7 Å². The number of ether oxygens (including phenoxy) is 1. The Balaban J connectivity index is 2.47. The van der Waals surface area contributed by atoms with Crippen LogP contribution in [0.4, 0.5) is 11.4 Å². The number of benzene rings is 1. The van der Waals surface area contributed by atoms with Crippen molar-refractivity contribution in [3.8, 4) is 0 Å². The van der Waals surface area contributed by atoms with Gasteiger partial charge in [-0.15, -0.1) is 0 Å². The second-order valence-corrected chi connectivity index (χ2v) is 5.33. The van der Waals surface area contributed by atoms with Gasteiger partial charge in [-0.3, -0.25) is 4.79 Å². The zero-order valence-corrected chi connectivity index (χ0v) is 12.3. The maximum atomic E-state index is 11.9. The number of carbonyl (C=O) groups excluding carboxylic acids is 1. The molecule has 0 bridgehead atoms. The van der Waals surface area contributed by atoms with Crippen LogP contribution in [0.3, 0.4) is 0 Å². The van der Waals surface area contributed by atoms with E-state index in [1.54, 1.807) is 25.1 Å². The quantitative estimate of drug-likeness (QED) is 0.788. The largest absolute Gasteiger partial charge is 0.397 e. The molecule has 0 aliphatic heterocycles. The van der Waals surface area contributed by atoms with E-state index in [1.165, 1.54) is 0 Å². The van der Waals surface area contributed by atoms with Gasteiger partial charge in [0.1, 0.15) is 6.10 Å². The molecule has 0 heterocycles. The highest BCUT2D eigenvalue weighted by Gasteiger charge is 2.13. The van der Waals surface area contributed by atoms with Crippen LogP contribution in [0.2, 0.25) is 5.02 Å². The van der Waals surface area contributed by atoms with Crippen LogP contribution in [0, 0.1) is 5.92 Å². The minimum absolute atomic E-state index is 0.189. The Hall–Kier alpha value is -1.26. The van der Waals surface area contributed by atoms with E-state index < -0.39 is 6.10 Å². The molecule has 0 saturated heterocycles. The van der Waals surface area contributed by atoms with E-state index in [2.05, 4.69) is 19.2 Å². The van der Waals surface area contributed by atoms with E-state index in [0.717, 1.165) is 6.42 Å². The summed E-state index contributed by atoms with van der Waals surface area (Å²) in [6.07, 6.45) is 0.446. The maximum Gasteiger partial charge on any atom is 0.253 e. The van der Waals surface area contributed by atoms with Crippen LogP contribution < -0.4 is 11.1 Å². The molecule has 1 atom stereocenters. The van der Waals surface area contributed by atoms with Gasteiger partial charge in [-0.2, -0.15) is 0 Å². The lowest BCUT2D eigenvalue weighted by atomic mass is 10.1. The van der Waals surface area contributed by atoms with Gasteiger partial charge >= 0.3 is 0 Å². The van der Waals surface area contributed by atoms with Crippen molar-refractivity contribution in [2.24, 2.45) is 5.92 Å². The summed E-state index contributed by atoms with van der Waals surface area (Å²) in [4.78, 5) is 11.9. The molecule has 106 valence electrons. The molecule has 0 fully saturated rings. The SMILES string of the molecule is CC(C)CCOC(C)C(=O)Nc1ccc(Cl)c(N)c1. The molecule has 1 unspecified atom stereocenters. The number of nitrogen functional groups attached to an aromatic ring is 1. The number of rotatable bonds is 6. The van der Waals surface area contributed by atoms with E-state index in [9.17, 15) is 4.79 Å². The topological polar surface area (TPSA) is 64.3 Å². The highest BCUT2D eigenvalue weighted by Crippen LogP contribution is 2.22. The number of nitrogens with two attached hydrogens (primary N) is 1. The van der Waals surface area contributed by atoms with Crippen molar-refractivity contribution >= 4 is 28.9 Å². The molecule has 1 amide bonds. The number of hydrogen-bond donors (Lipinski definition) is 2. The Labute approximate surface area is 119 Å². The summed E-state index contributed by atoms with van der Waals surface area (Å²) in [6.45, 7) is 6.54. The summed E-state index contributed by atoms with van der Waals surface area (Å²) in [5.74, 6) is 0.372. The number of amides is 1. The van der Waals surface area contributed by atoms with Crippen molar-refractivity contribution in [2.45, 2.75) is 33.3 Å². The average Bonchev–Trinajstić information content (AvgIpc) is 2.33. The van der Waals surface area contributed by atoms with E-state index in [1.807, 2.05) is 0 Å². The van der Waals surface area contributed by atoms with Crippen LogP contribution in [0.1, 0.15) is 27.2 Å². The number of halogens is 1. The molecule has 1 aromatic carbocycles. The fourth-order valence-corrected chi connectivity index (χ4v) is 1.54. The van der Waals surface area contributed by atoms with E-state index in [-0.39, 0.29) is 5.91 Å². The molecule has 5 heteroatoms. The highest BCUT2D eigenvalue weighted by atomic mass is 35.5. The normalized spacial score (nSPS) is 12.5. The molecule has 0 aromatic heterocycles. The zero-order valence-electron chi connectivity index (χ0n) is 11.6. The standard InChI is InChI=1S/C14H21ClN2O2/c1-9(2)6-7-19-10(3)14(18)17-11-4-5-12(15)13(16)8-11/h4-5,8-10H,6-7,16H2,1-3H3,(H,17,18). The van der Waals surface area contributed by atoms with Crippen molar-refractivity contribution in [1.82, 2.24) is 0 Å². The first-order chi connectivity index (χ1) is 8.90. The molecule has 0 saturated carbocycles. The third-order valence-electron chi connectivity index (χ3n) is 2.70. The zero-order chi connectivity index (χ0) is 14.4. The second-order valence-electron chi connectivity index (χ2n) is 4.92. The Bertz CT molecular complexity index is 435. The smallest absolute Gasteiger partial charge is 0.253 e. The van der Waals surface area contributed by atoms with Crippen molar-refractivity contribution in [3.63, 3.8) is 0 Å². The molecular formula is C14H21ClN2O2. The van der Waals surface area contributed by atoms with Crippen LogP contribution >= 0.6 is 11.6 Å². The summed E-state index contributed by atoms with van der Waals surface area (Å²) < 4.78 is 5.47. The first-order valence-electron chi connectivity index (χ1n) is 6.37. The molecule has 1 rings (SSSR count). The van der Waals surface area contributed by atoms with Crippen molar-refractivity contribution < 1.29 is 9.53 Å². The Morgan fingerprint density at radius 2 is 2.11 bits per heavy atom. The Morgan fingerprint density at radius 1 is 1.42 bits per heavy atom. The van der Waals surface area contributed by atoms with Gasteiger partial charge in [0, 0.05) is 12.3 Å². The predicted octanol–water partition coefficient (Wildman–Crippen LogP) is 3.31. The van der Waals surface area contributed by atoms with Crippen LogP contribution in [-0.4, -0.2) is 18.6 Å². The Kier molecular flexibility index (Phi) is 6.12. The summed E-state index contributed by atoms with van der Waals surface area (Å²) in [6, 6.07) is 4.98. The van der Waals surface area contributed by atoms with Gasteiger partial charge in [-0.05, 0) is 37.5 Å². The second kappa shape index (κ2) is 7.36. The van der Waals surface area contributed by atoms with Gasteiger partial charge in [0.15, 0.2) is 0 Å².